The first-order chi connectivity index (χ1) is 11.6. The van der Waals surface area contributed by atoms with E-state index in [0.717, 1.165) is 64.5 Å². The second-order valence-corrected chi connectivity index (χ2v) is 5.98. The first-order valence-corrected chi connectivity index (χ1v) is 9.25. The van der Waals surface area contributed by atoms with Crippen LogP contribution >= 0.6 is 0 Å². The number of hydrogen-bond donors (Lipinski definition) is 2. The maximum atomic E-state index is 11.7. The van der Waals surface area contributed by atoms with Crippen molar-refractivity contribution >= 4 is 12.1 Å². The molecule has 0 aliphatic carbocycles. The Morgan fingerprint density at radius 1 is 1.25 bits per heavy atom. The molecule has 1 saturated heterocycles. The Balaban J connectivity index is 2.23. The molecule has 0 aromatic heterocycles. The Kier molecular flexibility index (Phi) is 10.2. The summed E-state index contributed by atoms with van der Waals surface area (Å²) in [5, 5.41) is 6.84. The van der Waals surface area contributed by atoms with Gasteiger partial charge in [0.05, 0.1) is 6.61 Å². The van der Waals surface area contributed by atoms with Gasteiger partial charge in [0, 0.05) is 32.7 Å². The number of aliphatic imine (C=N–C) groups is 1. The molecule has 0 atom stereocenters. The van der Waals surface area contributed by atoms with E-state index in [4.69, 9.17) is 4.74 Å². The zero-order valence-electron chi connectivity index (χ0n) is 15.8. The van der Waals surface area contributed by atoms with Gasteiger partial charge in [0.2, 0.25) is 0 Å². The molecule has 1 aliphatic rings. The Morgan fingerprint density at radius 3 is 2.46 bits per heavy atom. The van der Waals surface area contributed by atoms with Gasteiger partial charge in [0.15, 0.2) is 5.96 Å². The second kappa shape index (κ2) is 11.9. The number of carbonyl (C=O) groups is 1. The van der Waals surface area contributed by atoms with Crippen molar-refractivity contribution in [3.8, 4) is 0 Å². The number of nitrogens with one attached hydrogen (secondary N) is 2. The van der Waals surface area contributed by atoms with Gasteiger partial charge in [-0.05, 0) is 45.8 Å². The summed E-state index contributed by atoms with van der Waals surface area (Å²) in [6, 6.07) is 0.352. The van der Waals surface area contributed by atoms with Crippen LogP contribution in [0.25, 0.3) is 0 Å². The molecule has 0 saturated carbocycles. The van der Waals surface area contributed by atoms with Crippen molar-refractivity contribution in [2.24, 2.45) is 4.99 Å². The summed E-state index contributed by atoms with van der Waals surface area (Å²) < 4.78 is 5.05. The van der Waals surface area contributed by atoms with E-state index >= 15 is 0 Å². The zero-order chi connectivity index (χ0) is 17.8. The van der Waals surface area contributed by atoms with Gasteiger partial charge in [0.25, 0.3) is 0 Å². The van der Waals surface area contributed by atoms with Gasteiger partial charge in [-0.2, -0.15) is 0 Å². The van der Waals surface area contributed by atoms with Crippen LogP contribution in [0.4, 0.5) is 4.79 Å². The third kappa shape index (κ3) is 7.38. The van der Waals surface area contributed by atoms with E-state index in [1.165, 1.54) is 0 Å². The van der Waals surface area contributed by atoms with E-state index in [2.05, 4.69) is 34.4 Å². The van der Waals surface area contributed by atoms with Crippen LogP contribution in [0, 0.1) is 0 Å². The van der Waals surface area contributed by atoms with Crippen LogP contribution in [0.2, 0.25) is 0 Å². The number of rotatable bonds is 8. The molecule has 24 heavy (non-hydrogen) atoms. The van der Waals surface area contributed by atoms with E-state index in [-0.39, 0.29) is 6.09 Å². The molecule has 2 N–H and O–H groups in total. The van der Waals surface area contributed by atoms with Crippen molar-refractivity contribution in [2.45, 2.75) is 46.1 Å². The molecule has 1 aliphatic heterocycles. The minimum atomic E-state index is -0.199. The Morgan fingerprint density at radius 2 is 1.92 bits per heavy atom. The number of nitrogens with zero attached hydrogens (tertiary/aromatic N) is 3. The van der Waals surface area contributed by atoms with Gasteiger partial charge in [-0.3, -0.25) is 4.99 Å². The lowest BCUT2D eigenvalue weighted by atomic mass is 10.1. The van der Waals surface area contributed by atoms with Gasteiger partial charge in [-0.1, -0.05) is 13.8 Å². The summed E-state index contributed by atoms with van der Waals surface area (Å²) in [5.74, 6) is 0.851. The third-order valence-electron chi connectivity index (χ3n) is 4.42. The van der Waals surface area contributed by atoms with Crippen LogP contribution in [0.1, 0.15) is 40.0 Å². The van der Waals surface area contributed by atoms with E-state index in [1.807, 2.05) is 6.92 Å². The fraction of sp³-hybridized carbons (Fsp3) is 0.882. The van der Waals surface area contributed by atoms with Crippen molar-refractivity contribution in [2.75, 3.05) is 52.9 Å². The molecular weight excluding hydrogens is 306 g/mol. The van der Waals surface area contributed by atoms with Gasteiger partial charge >= 0.3 is 6.09 Å². The van der Waals surface area contributed by atoms with Gasteiger partial charge < -0.3 is 25.2 Å². The van der Waals surface area contributed by atoms with E-state index in [1.54, 1.807) is 11.9 Å². The summed E-state index contributed by atoms with van der Waals surface area (Å²) in [5.41, 5.74) is 0. The number of ether oxygens (including phenoxy) is 1. The van der Waals surface area contributed by atoms with Crippen molar-refractivity contribution in [1.82, 2.24) is 20.4 Å². The van der Waals surface area contributed by atoms with Crippen molar-refractivity contribution in [3.63, 3.8) is 0 Å². The van der Waals surface area contributed by atoms with Crippen LogP contribution in [-0.2, 0) is 4.74 Å². The predicted octanol–water partition coefficient (Wildman–Crippen LogP) is 1.50. The molecule has 1 amide bonds. The fourth-order valence-electron chi connectivity index (χ4n) is 2.86. The minimum absolute atomic E-state index is 0.199. The number of hydrogen-bond acceptors (Lipinski definition) is 4. The van der Waals surface area contributed by atoms with Crippen LogP contribution in [0.15, 0.2) is 4.99 Å². The minimum Gasteiger partial charge on any atom is -0.450 e. The molecule has 1 rings (SSSR count). The molecule has 7 nitrogen and oxygen atoms in total. The highest BCUT2D eigenvalue weighted by Crippen LogP contribution is 2.11. The van der Waals surface area contributed by atoms with Gasteiger partial charge in [-0.15, -0.1) is 0 Å². The molecule has 0 bridgehead atoms. The summed E-state index contributed by atoms with van der Waals surface area (Å²) in [7, 11) is 1.80. The average Bonchev–Trinajstić information content (AvgIpc) is 2.61. The van der Waals surface area contributed by atoms with Crippen LogP contribution in [0.5, 0.6) is 0 Å². The standard InChI is InChI=1S/C17H35N5O2/c1-5-21(6-2)12-8-11-19-16(18-4)20-15-9-13-22(14-10-15)17(23)24-7-3/h15H,5-14H2,1-4H3,(H2,18,19,20). The maximum absolute atomic E-state index is 11.7. The quantitative estimate of drug-likeness (QED) is 0.398. The molecular formula is C17H35N5O2. The lowest BCUT2D eigenvalue weighted by Gasteiger charge is -2.32. The lowest BCUT2D eigenvalue weighted by molar-refractivity contribution is 0.0963. The summed E-state index contributed by atoms with van der Waals surface area (Å²) in [4.78, 5) is 20.2. The molecule has 0 spiro atoms. The molecule has 0 aromatic carbocycles. The third-order valence-corrected chi connectivity index (χ3v) is 4.42. The van der Waals surface area contributed by atoms with Crippen LogP contribution in [-0.4, -0.2) is 80.8 Å². The van der Waals surface area contributed by atoms with Crippen molar-refractivity contribution < 1.29 is 9.53 Å². The van der Waals surface area contributed by atoms with Crippen molar-refractivity contribution in [3.05, 3.63) is 0 Å². The lowest BCUT2D eigenvalue weighted by Crippen LogP contribution is -2.50. The second-order valence-electron chi connectivity index (χ2n) is 5.98. The number of carbonyl (C=O) groups excluding carboxylic acids is 1. The zero-order valence-corrected chi connectivity index (χ0v) is 15.8. The Labute approximate surface area is 146 Å². The first-order valence-electron chi connectivity index (χ1n) is 9.25. The van der Waals surface area contributed by atoms with Crippen LogP contribution in [0.3, 0.4) is 0 Å². The highest BCUT2D eigenvalue weighted by molar-refractivity contribution is 5.80. The Hall–Kier alpha value is -1.50. The van der Waals surface area contributed by atoms with E-state index < -0.39 is 0 Å². The molecule has 0 aromatic rings. The number of guanidine groups is 1. The van der Waals surface area contributed by atoms with E-state index in [0.29, 0.717) is 12.6 Å². The molecule has 0 radical (unpaired) electrons. The number of amides is 1. The SMILES string of the molecule is CCOC(=O)N1CCC(NC(=NC)NCCCN(CC)CC)CC1. The molecule has 7 heteroatoms. The summed E-state index contributed by atoms with van der Waals surface area (Å²) >= 11 is 0. The smallest absolute Gasteiger partial charge is 0.409 e. The summed E-state index contributed by atoms with van der Waals surface area (Å²) in [6.07, 6.45) is 2.73. The van der Waals surface area contributed by atoms with E-state index in [9.17, 15) is 4.79 Å². The predicted molar refractivity (Wildman–Crippen MR) is 98.5 cm³/mol. The van der Waals surface area contributed by atoms with Crippen molar-refractivity contribution in [1.29, 1.82) is 0 Å². The molecule has 140 valence electrons. The largest absolute Gasteiger partial charge is 0.450 e. The number of piperidine rings is 1. The molecule has 1 heterocycles. The summed E-state index contributed by atoms with van der Waals surface area (Å²) in [6.45, 7) is 12.3. The monoisotopic (exact) mass is 341 g/mol. The van der Waals surface area contributed by atoms with Gasteiger partial charge in [-0.25, -0.2) is 4.79 Å². The number of likely N-dealkylation sites (tertiary alicyclic amines) is 1. The molecule has 1 fully saturated rings. The maximum Gasteiger partial charge on any atom is 0.409 e. The first kappa shape index (κ1) is 20.5. The van der Waals surface area contributed by atoms with Gasteiger partial charge in [0.1, 0.15) is 0 Å². The highest BCUT2D eigenvalue weighted by Gasteiger charge is 2.23. The molecule has 0 unspecified atom stereocenters. The fourth-order valence-corrected chi connectivity index (χ4v) is 2.86. The highest BCUT2D eigenvalue weighted by atomic mass is 16.6. The Bertz CT molecular complexity index is 377. The average molecular weight is 342 g/mol. The van der Waals surface area contributed by atoms with Crippen LogP contribution < -0.4 is 10.6 Å². The normalized spacial score (nSPS) is 16.4. The topological polar surface area (TPSA) is 69.2 Å².